The minimum absolute atomic E-state index is 0.120. The van der Waals surface area contributed by atoms with E-state index < -0.39 is 0 Å². The van der Waals surface area contributed by atoms with Gasteiger partial charge in [-0.15, -0.1) is 0 Å². The lowest BCUT2D eigenvalue weighted by Gasteiger charge is -2.29. The number of hydrogen-bond acceptors (Lipinski definition) is 3. The summed E-state index contributed by atoms with van der Waals surface area (Å²) in [4.78, 5) is 11.4. The van der Waals surface area contributed by atoms with Crippen LogP contribution in [0.5, 0.6) is 11.5 Å². The van der Waals surface area contributed by atoms with Crippen molar-refractivity contribution >= 4 is 5.91 Å². The van der Waals surface area contributed by atoms with Crippen LogP contribution in [0.25, 0.3) is 0 Å². The van der Waals surface area contributed by atoms with Gasteiger partial charge in [0.05, 0.1) is 14.2 Å². The summed E-state index contributed by atoms with van der Waals surface area (Å²) in [5.41, 5.74) is 6.43. The molecule has 1 aliphatic rings. The topological polar surface area (TPSA) is 61.5 Å². The molecule has 0 atom stereocenters. The first-order chi connectivity index (χ1) is 9.11. The molecule has 0 heterocycles. The Morgan fingerprint density at radius 2 is 1.84 bits per heavy atom. The van der Waals surface area contributed by atoms with Crippen LogP contribution in [0, 0.1) is 0 Å². The molecule has 1 amide bonds. The zero-order valence-electron chi connectivity index (χ0n) is 11.6. The number of hydrogen-bond donors (Lipinski definition) is 1. The van der Waals surface area contributed by atoms with Crippen LogP contribution in [-0.2, 0) is 10.2 Å². The van der Waals surface area contributed by atoms with Gasteiger partial charge in [-0.3, -0.25) is 4.79 Å². The van der Waals surface area contributed by atoms with E-state index in [0.717, 1.165) is 31.2 Å². The lowest BCUT2D eigenvalue weighted by molar-refractivity contribution is -0.119. The standard InChI is InChI=1S/C15H21NO3/c1-18-12-6-5-11(9-13(12)19-2)15(10-14(16)17)7-3-4-8-15/h5-6,9H,3-4,7-8,10H2,1-2H3,(H2,16,17). The van der Waals surface area contributed by atoms with Crippen molar-refractivity contribution in [3.63, 3.8) is 0 Å². The molecule has 2 rings (SSSR count). The smallest absolute Gasteiger partial charge is 0.218 e. The normalized spacial score (nSPS) is 17.2. The predicted octanol–water partition coefficient (Wildman–Crippen LogP) is 2.39. The van der Waals surface area contributed by atoms with Gasteiger partial charge in [0.15, 0.2) is 11.5 Å². The Hall–Kier alpha value is -1.71. The van der Waals surface area contributed by atoms with E-state index in [4.69, 9.17) is 15.2 Å². The van der Waals surface area contributed by atoms with Crippen molar-refractivity contribution in [3.05, 3.63) is 23.8 Å². The highest BCUT2D eigenvalue weighted by molar-refractivity contribution is 5.75. The summed E-state index contributed by atoms with van der Waals surface area (Å²) in [7, 11) is 3.24. The SMILES string of the molecule is COc1ccc(C2(CC(N)=O)CCCC2)cc1OC. The van der Waals surface area contributed by atoms with E-state index in [1.54, 1.807) is 14.2 Å². The van der Waals surface area contributed by atoms with Crippen LogP contribution in [0.3, 0.4) is 0 Å². The number of nitrogens with two attached hydrogens (primary N) is 1. The minimum Gasteiger partial charge on any atom is -0.493 e. The molecule has 1 aromatic carbocycles. The summed E-state index contributed by atoms with van der Waals surface area (Å²) in [6.45, 7) is 0. The van der Waals surface area contributed by atoms with Gasteiger partial charge in [0.25, 0.3) is 0 Å². The highest BCUT2D eigenvalue weighted by Crippen LogP contribution is 2.45. The van der Waals surface area contributed by atoms with Gasteiger partial charge in [-0.2, -0.15) is 0 Å². The van der Waals surface area contributed by atoms with Gasteiger partial charge in [-0.25, -0.2) is 0 Å². The molecule has 0 aromatic heterocycles. The molecule has 0 aliphatic heterocycles. The zero-order valence-corrected chi connectivity index (χ0v) is 11.6. The number of methoxy groups -OCH3 is 2. The van der Waals surface area contributed by atoms with Gasteiger partial charge in [0.2, 0.25) is 5.91 Å². The fourth-order valence-corrected chi connectivity index (χ4v) is 3.12. The van der Waals surface area contributed by atoms with Gasteiger partial charge in [-0.1, -0.05) is 18.9 Å². The van der Waals surface area contributed by atoms with Crippen LogP contribution in [0.1, 0.15) is 37.7 Å². The molecule has 104 valence electrons. The lowest BCUT2D eigenvalue weighted by atomic mass is 9.76. The van der Waals surface area contributed by atoms with E-state index in [9.17, 15) is 4.79 Å². The number of benzene rings is 1. The Labute approximate surface area is 113 Å². The van der Waals surface area contributed by atoms with E-state index >= 15 is 0 Å². The lowest BCUT2D eigenvalue weighted by Crippen LogP contribution is -2.29. The van der Waals surface area contributed by atoms with E-state index in [0.29, 0.717) is 17.9 Å². The summed E-state index contributed by atoms with van der Waals surface area (Å²) in [6.07, 6.45) is 4.70. The molecule has 1 fully saturated rings. The van der Waals surface area contributed by atoms with Gasteiger partial charge in [0.1, 0.15) is 0 Å². The molecule has 1 saturated carbocycles. The van der Waals surface area contributed by atoms with Crippen LogP contribution >= 0.6 is 0 Å². The quantitative estimate of drug-likeness (QED) is 0.887. The van der Waals surface area contributed by atoms with Crippen LogP contribution in [0.2, 0.25) is 0 Å². The maximum atomic E-state index is 11.4. The fraction of sp³-hybridized carbons (Fsp3) is 0.533. The third-order valence-electron chi connectivity index (χ3n) is 4.07. The van der Waals surface area contributed by atoms with Crippen molar-refractivity contribution in [2.24, 2.45) is 5.73 Å². The third kappa shape index (κ3) is 2.67. The first-order valence-electron chi connectivity index (χ1n) is 6.62. The molecule has 0 saturated heterocycles. The minimum atomic E-state index is -0.239. The average Bonchev–Trinajstić information content (AvgIpc) is 2.86. The number of rotatable bonds is 5. The van der Waals surface area contributed by atoms with E-state index in [1.165, 1.54) is 0 Å². The summed E-state index contributed by atoms with van der Waals surface area (Å²) < 4.78 is 10.6. The van der Waals surface area contributed by atoms with Crippen LogP contribution in [-0.4, -0.2) is 20.1 Å². The molecule has 19 heavy (non-hydrogen) atoms. The van der Waals surface area contributed by atoms with Crippen LogP contribution in [0.4, 0.5) is 0 Å². The molecule has 1 aliphatic carbocycles. The monoisotopic (exact) mass is 263 g/mol. The Kier molecular flexibility index (Phi) is 3.98. The Balaban J connectivity index is 2.39. The van der Waals surface area contributed by atoms with E-state index in [-0.39, 0.29) is 11.3 Å². The number of carbonyl (C=O) groups is 1. The second-order valence-corrected chi connectivity index (χ2v) is 5.20. The average molecular weight is 263 g/mol. The second-order valence-electron chi connectivity index (χ2n) is 5.20. The summed E-state index contributed by atoms with van der Waals surface area (Å²) >= 11 is 0. The molecule has 0 spiro atoms. The molecule has 0 bridgehead atoms. The van der Waals surface area contributed by atoms with E-state index in [2.05, 4.69) is 0 Å². The maximum Gasteiger partial charge on any atom is 0.218 e. The first kappa shape index (κ1) is 13.7. The largest absolute Gasteiger partial charge is 0.493 e. The Morgan fingerprint density at radius 3 is 2.37 bits per heavy atom. The van der Waals surface area contributed by atoms with Crippen molar-refractivity contribution in [1.82, 2.24) is 0 Å². The number of ether oxygens (including phenoxy) is 2. The molecule has 1 aromatic rings. The maximum absolute atomic E-state index is 11.4. The highest BCUT2D eigenvalue weighted by Gasteiger charge is 2.37. The van der Waals surface area contributed by atoms with Crippen molar-refractivity contribution in [2.75, 3.05) is 14.2 Å². The molecular weight excluding hydrogens is 242 g/mol. The van der Waals surface area contributed by atoms with Crippen LogP contribution in [0.15, 0.2) is 18.2 Å². The number of primary amides is 1. The van der Waals surface area contributed by atoms with Gasteiger partial charge >= 0.3 is 0 Å². The molecular formula is C15H21NO3. The van der Waals surface area contributed by atoms with Crippen molar-refractivity contribution < 1.29 is 14.3 Å². The second kappa shape index (κ2) is 5.51. The van der Waals surface area contributed by atoms with Gasteiger partial charge in [-0.05, 0) is 30.5 Å². The number of amides is 1. The molecule has 4 heteroatoms. The molecule has 0 unspecified atom stereocenters. The summed E-state index contributed by atoms with van der Waals surface area (Å²) in [5.74, 6) is 1.17. The van der Waals surface area contributed by atoms with Gasteiger partial charge in [0, 0.05) is 11.8 Å². The molecule has 4 nitrogen and oxygen atoms in total. The van der Waals surface area contributed by atoms with Gasteiger partial charge < -0.3 is 15.2 Å². The Morgan fingerprint density at radius 1 is 1.21 bits per heavy atom. The molecule has 0 radical (unpaired) electrons. The number of carbonyl (C=O) groups excluding carboxylic acids is 1. The summed E-state index contributed by atoms with van der Waals surface area (Å²) in [6, 6.07) is 5.90. The van der Waals surface area contributed by atoms with E-state index in [1.807, 2.05) is 18.2 Å². The predicted molar refractivity (Wildman–Crippen MR) is 73.5 cm³/mol. The first-order valence-corrected chi connectivity index (χ1v) is 6.62. The zero-order chi connectivity index (χ0) is 13.9. The van der Waals surface area contributed by atoms with Crippen molar-refractivity contribution in [1.29, 1.82) is 0 Å². The fourth-order valence-electron chi connectivity index (χ4n) is 3.12. The third-order valence-corrected chi connectivity index (χ3v) is 4.07. The highest BCUT2D eigenvalue weighted by atomic mass is 16.5. The Bertz CT molecular complexity index is 464. The summed E-state index contributed by atoms with van der Waals surface area (Å²) in [5, 5.41) is 0. The molecule has 2 N–H and O–H groups in total. The van der Waals surface area contributed by atoms with Crippen molar-refractivity contribution in [2.45, 2.75) is 37.5 Å². The van der Waals surface area contributed by atoms with Crippen LogP contribution < -0.4 is 15.2 Å². The van der Waals surface area contributed by atoms with Crippen molar-refractivity contribution in [3.8, 4) is 11.5 Å².